The zero-order valence-corrected chi connectivity index (χ0v) is 23.6. The molecule has 0 saturated carbocycles. The fourth-order valence-electron chi connectivity index (χ4n) is 5.90. The molecule has 1 aromatic heterocycles. The summed E-state index contributed by atoms with van der Waals surface area (Å²) < 4.78 is 31.1. The first kappa shape index (κ1) is 28.9. The first-order valence-corrected chi connectivity index (χ1v) is 14.6. The number of carbonyl (C=O) groups excluding carboxylic acids is 1. The first-order valence-electron chi connectivity index (χ1n) is 14.6. The normalized spacial score (nSPS) is 26.0. The van der Waals surface area contributed by atoms with Gasteiger partial charge in [0.1, 0.15) is 18.2 Å². The van der Waals surface area contributed by atoms with Gasteiger partial charge in [0.25, 0.3) is 5.91 Å². The van der Waals surface area contributed by atoms with E-state index >= 15 is 0 Å². The Bertz CT molecular complexity index is 1110. The maximum Gasteiger partial charge on any atom is 0.272 e. The SMILES string of the molecule is COC1COCCC1NC1CCN(C(=O)c2cc(NCC3CCCC(c4ccc(C)cc4)O3)nc(CF)n2)CC1. The number of aryl methyl sites for hydroxylation is 1. The number of hydrogen-bond donors (Lipinski definition) is 2. The van der Waals surface area contributed by atoms with Crippen molar-refractivity contribution in [3.63, 3.8) is 0 Å². The second-order valence-electron chi connectivity index (χ2n) is 11.1. The van der Waals surface area contributed by atoms with Gasteiger partial charge in [0.15, 0.2) is 5.82 Å². The second kappa shape index (κ2) is 13.8. The molecule has 5 rings (SSSR count). The largest absolute Gasteiger partial charge is 0.379 e. The molecule has 9 nitrogen and oxygen atoms in total. The summed E-state index contributed by atoms with van der Waals surface area (Å²) in [5.74, 6) is 0.277. The number of carbonyl (C=O) groups is 1. The summed E-state index contributed by atoms with van der Waals surface area (Å²) in [6, 6.07) is 10.7. The van der Waals surface area contributed by atoms with Gasteiger partial charge in [-0.1, -0.05) is 29.8 Å². The van der Waals surface area contributed by atoms with Crippen molar-refractivity contribution in [2.24, 2.45) is 0 Å². The lowest BCUT2D eigenvalue weighted by Gasteiger charge is -2.38. The molecule has 3 aliphatic rings. The summed E-state index contributed by atoms with van der Waals surface area (Å²) in [6.07, 6.45) is 5.71. The number of nitrogens with zero attached hydrogens (tertiary/aromatic N) is 3. The molecular weight excluding hydrogens is 513 g/mol. The van der Waals surface area contributed by atoms with Gasteiger partial charge < -0.3 is 29.7 Å². The van der Waals surface area contributed by atoms with Crippen molar-refractivity contribution < 1.29 is 23.4 Å². The van der Waals surface area contributed by atoms with Crippen LogP contribution in [0.2, 0.25) is 0 Å². The van der Waals surface area contributed by atoms with E-state index in [1.165, 1.54) is 11.1 Å². The summed E-state index contributed by atoms with van der Waals surface area (Å²) in [7, 11) is 1.72. The number of methoxy groups -OCH3 is 1. The molecule has 218 valence electrons. The van der Waals surface area contributed by atoms with E-state index in [1.807, 2.05) is 0 Å². The number of aromatic nitrogens is 2. The quantitative estimate of drug-likeness (QED) is 0.480. The van der Waals surface area contributed by atoms with Gasteiger partial charge in [0.05, 0.1) is 24.9 Å². The third kappa shape index (κ3) is 7.34. The smallest absolute Gasteiger partial charge is 0.272 e. The highest BCUT2D eigenvalue weighted by atomic mass is 19.1. The number of rotatable bonds is 9. The van der Waals surface area contributed by atoms with Gasteiger partial charge >= 0.3 is 0 Å². The average molecular weight is 556 g/mol. The maximum absolute atomic E-state index is 13.7. The number of halogens is 1. The van der Waals surface area contributed by atoms with Crippen LogP contribution in [0.3, 0.4) is 0 Å². The number of alkyl halides is 1. The molecule has 0 bridgehead atoms. The number of piperidine rings is 1. The number of ether oxygens (including phenoxy) is 3. The Hall–Kier alpha value is -2.66. The fraction of sp³-hybridized carbons (Fsp3) is 0.633. The molecule has 40 heavy (non-hydrogen) atoms. The van der Waals surface area contributed by atoms with Crippen molar-refractivity contribution in [1.29, 1.82) is 0 Å². The van der Waals surface area contributed by atoms with Gasteiger partial charge in [-0.3, -0.25) is 4.79 Å². The van der Waals surface area contributed by atoms with Crippen molar-refractivity contribution in [3.05, 3.63) is 53.0 Å². The van der Waals surface area contributed by atoms with Crippen LogP contribution in [-0.2, 0) is 20.9 Å². The van der Waals surface area contributed by atoms with Gasteiger partial charge in [-0.25, -0.2) is 14.4 Å². The minimum atomic E-state index is -0.830. The molecule has 3 fully saturated rings. The predicted octanol–water partition coefficient (Wildman–Crippen LogP) is 3.97. The molecule has 4 unspecified atom stereocenters. The van der Waals surface area contributed by atoms with E-state index in [0.717, 1.165) is 45.1 Å². The average Bonchev–Trinajstić information content (AvgIpc) is 3.00. The molecule has 3 aliphatic heterocycles. The summed E-state index contributed by atoms with van der Waals surface area (Å²) in [4.78, 5) is 23.7. The standard InChI is InChI=1S/C30H42FN5O4/c1-20-6-8-21(9-7-20)26-5-3-4-23(40-26)18-32-28-16-25(34-29(17-31)35-28)30(37)36-13-10-22(11-14-36)33-24-12-15-39-19-27(24)38-2/h6-9,16,22-24,26-27,33H,3-5,10-15,17-19H2,1-2H3,(H,32,34,35). The Kier molecular flexibility index (Phi) is 9.96. The van der Waals surface area contributed by atoms with Gasteiger partial charge in [-0.05, 0) is 51.0 Å². The minimum Gasteiger partial charge on any atom is -0.379 e. The highest BCUT2D eigenvalue weighted by molar-refractivity contribution is 5.93. The molecule has 0 aliphatic carbocycles. The molecule has 0 spiro atoms. The minimum absolute atomic E-state index is 0.00274. The number of anilines is 1. The lowest BCUT2D eigenvalue weighted by atomic mass is 9.97. The zero-order valence-electron chi connectivity index (χ0n) is 23.6. The molecule has 10 heteroatoms. The highest BCUT2D eigenvalue weighted by Crippen LogP contribution is 2.31. The van der Waals surface area contributed by atoms with Crippen LogP contribution >= 0.6 is 0 Å². The van der Waals surface area contributed by atoms with Crippen LogP contribution in [0.1, 0.15) is 72.1 Å². The third-order valence-electron chi connectivity index (χ3n) is 8.26. The second-order valence-corrected chi connectivity index (χ2v) is 11.1. The Morgan fingerprint density at radius 3 is 2.67 bits per heavy atom. The Morgan fingerprint density at radius 2 is 1.93 bits per heavy atom. The molecule has 2 aromatic rings. The van der Waals surface area contributed by atoms with Gasteiger partial charge in [-0.2, -0.15) is 0 Å². The maximum atomic E-state index is 13.7. The fourth-order valence-corrected chi connectivity index (χ4v) is 5.90. The molecule has 1 amide bonds. The summed E-state index contributed by atoms with van der Waals surface area (Å²) in [5.41, 5.74) is 2.64. The first-order chi connectivity index (χ1) is 19.5. The molecule has 1 aromatic carbocycles. The number of likely N-dealkylation sites (tertiary alicyclic amines) is 1. The van der Waals surface area contributed by atoms with Crippen molar-refractivity contribution >= 4 is 11.7 Å². The molecule has 3 saturated heterocycles. The van der Waals surface area contributed by atoms with E-state index in [2.05, 4.69) is 51.8 Å². The van der Waals surface area contributed by atoms with Crippen molar-refractivity contribution in [2.75, 3.05) is 45.3 Å². The molecule has 2 N–H and O–H groups in total. The van der Waals surface area contributed by atoms with Crippen LogP contribution in [0.25, 0.3) is 0 Å². The highest BCUT2D eigenvalue weighted by Gasteiger charge is 2.31. The van der Waals surface area contributed by atoms with Crippen molar-refractivity contribution in [3.8, 4) is 0 Å². The van der Waals surface area contributed by atoms with E-state index in [0.29, 0.717) is 38.1 Å². The van der Waals surface area contributed by atoms with E-state index in [1.54, 1.807) is 18.1 Å². The number of benzene rings is 1. The van der Waals surface area contributed by atoms with Crippen LogP contribution < -0.4 is 10.6 Å². The Balaban J connectivity index is 1.15. The Morgan fingerprint density at radius 1 is 1.12 bits per heavy atom. The topological polar surface area (TPSA) is 97.8 Å². The number of nitrogens with one attached hydrogen (secondary N) is 2. The number of amides is 1. The molecule has 0 radical (unpaired) electrons. The molecular formula is C30H42FN5O4. The van der Waals surface area contributed by atoms with Crippen LogP contribution in [0.5, 0.6) is 0 Å². The van der Waals surface area contributed by atoms with Crippen molar-refractivity contribution in [2.45, 2.75) is 82.5 Å². The lowest BCUT2D eigenvalue weighted by molar-refractivity contribution is -0.0533. The van der Waals surface area contributed by atoms with Crippen LogP contribution in [0.4, 0.5) is 10.2 Å². The van der Waals surface area contributed by atoms with Gasteiger partial charge in [0, 0.05) is 51.5 Å². The summed E-state index contributed by atoms with van der Waals surface area (Å²) in [6.45, 7) is 4.35. The van der Waals surface area contributed by atoms with Gasteiger partial charge in [-0.15, -0.1) is 0 Å². The zero-order chi connectivity index (χ0) is 27.9. The number of hydrogen-bond acceptors (Lipinski definition) is 8. The monoisotopic (exact) mass is 555 g/mol. The Labute approximate surface area is 236 Å². The molecule has 4 heterocycles. The third-order valence-corrected chi connectivity index (χ3v) is 8.26. The van der Waals surface area contributed by atoms with Crippen molar-refractivity contribution in [1.82, 2.24) is 20.2 Å². The van der Waals surface area contributed by atoms with Crippen LogP contribution in [-0.4, -0.2) is 85.0 Å². The van der Waals surface area contributed by atoms with E-state index in [-0.39, 0.29) is 41.8 Å². The van der Waals surface area contributed by atoms with E-state index in [9.17, 15) is 9.18 Å². The van der Waals surface area contributed by atoms with Crippen LogP contribution in [0, 0.1) is 6.92 Å². The molecule has 4 atom stereocenters. The van der Waals surface area contributed by atoms with Crippen LogP contribution in [0.15, 0.2) is 30.3 Å². The summed E-state index contributed by atoms with van der Waals surface area (Å²) in [5, 5.41) is 6.99. The van der Waals surface area contributed by atoms with E-state index < -0.39 is 6.67 Å². The van der Waals surface area contributed by atoms with E-state index in [4.69, 9.17) is 14.2 Å². The predicted molar refractivity (Wildman–Crippen MR) is 150 cm³/mol. The summed E-state index contributed by atoms with van der Waals surface area (Å²) >= 11 is 0. The lowest BCUT2D eigenvalue weighted by Crippen LogP contribution is -2.54. The van der Waals surface area contributed by atoms with Gasteiger partial charge in [0.2, 0.25) is 0 Å².